The summed E-state index contributed by atoms with van der Waals surface area (Å²) in [4.78, 5) is 11.6. The number of aryl methyl sites for hydroxylation is 1. The van der Waals surface area contributed by atoms with Crippen LogP contribution in [0.2, 0.25) is 0 Å². The van der Waals surface area contributed by atoms with Crippen LogP contribution in [-0.2, 0) is 6.54 Å². The van der Waals surface area contributed by atoms with Crippen molar-refractivity contribution in [2.24, 2.45) is 0 Å². The van der Waals surface area contributed by atoms with E-state index < -0.39 is 0 Å². The van der Waals surface area contributed by atoms with Crippen LogP contribution >= 0.6 is 12.6 Å². The van der Waals surface area contributed by atoms with Crippen LogP contribution in [0.25, 0.3) is 10.9 Å². The van der Waals surface area contributed by atoms with Gasteiger partial charge in [0.2, 0.25) is 5.43 Å². The van der Waals surface area contributed by atoms with Crippen molar-refractivity contribution in [3.63, 3.8) is 0 Å². The van der Waals surface area contributed by atoms with E-state index in [0.717, 1.165) is 36.0 Å². The van der Waals surface area contributed by atoms with Crippen molar-refractivity contribution in [2.45, 2.75) is 19.4 Å². The zero-order valence-corrected chi connectivity index (χ0v) is 9.86. The van der Waals surface area contributed by atoms with Gasteiger partial charge in [0.05, 0.1) is 11.7 Å². The quantitative estimate of drug-likeness (QED) is 0.649. The molecule has 2 rings (SSSR count). The van der Waals surface area contributed by atoms with Gasteiger partial charge in [-0.15, -0.1) is 0 Å². The molecular formula is C12H14N2OS. The Labute approximate surface area is 99.5 Å². The molecule has 4 heteroatoms. The molecule has 3 nitrogen and oxygen atoms in total. The first-order valence-corrected chi connectivity index (χ1v) is 6.02. The number of para-hydroxylation sites is 1. The monoisotopic (exact) mass is 234 g/mol. The van der Waals surface area contributed by atoms with Gasteiger partial charge in [0.15, 0.2) is 0 Å². The van der Waals surface area contributed by atoms with E-state index in [1.165, 1.54) is 6.20 Å². The molecule has 0 aliphatic heterocycles. The predicted molar refractivity (Wildman–Crippen MR) is 69.1 cm³/mol. The summed E-state index contributed by atoms with van der Waals surface area (Å²) < 4.78 is 1.89. The zero-order valence-electron chi connectivity index (χ0n) is 8.97. The van der Waals surface area contributed by atoms with E-state index in [1.807, 2.05) is 28.9 Å². The third-order valence-corrected chi connectivity index (χ3v) is 2.86. The van der Waals surface area contributed by atoms with Crippen LogP contribution in [0.4, 0.5) is 0 Å². The van der Waals surface area contributed by atoms with Gasteiger partial charge in [0.1, 0.15) is 0 Å². The molecule has 1 heterocycles. The fourth-order valence-electron chi connectivity index (χ4n) is 1.71. The fraction of sp³-hybridized carbons (Fsp3) is 0.333. The lowest BCUT2D eigenvalue weighted by molar-refractivity contribution is 0.582. The molecule has 0 unspecified atom stereocenters. The van der Waals surface area contributed by atoms with Gasteiger partial charge in [-0.3, -0.25) is 9.48 Å². The lowest BCUT2D eigenvalue weighted by atomic mass is 10.2. The topological polar surface area (TPSA) is 34.9 Å². The Morgan fingerprint density at radius 3 is 2.88 bits per heavy atom. The standard InChI is InChI=1S/C12H14N2OS/c15-12-9-13-14(7-3-4-8-16)11-6-2-1-5-10(11)12/h1-2,5-6,9,16H,3-4,7-8H2. The molecule has 0 aliphatic rings. The minimum atomic E-state index is -0.0129. The number of benzene rings is 1. The van der Waals surface area contributed by atoms with E-state index >= 15 is 0 Å². The molecule has 16 heavy (non-hydrogen) atoms. The summed E-state index contributed by atoms with van der Waals surface area (Å²) >= 11 is 4.18. The highest BCUT2D eigenvalue weighted by atomic mass is 32.1. The average molecular weight is 234 g/mol. The van der Waals surface area contributed by atoms with Gasteiger partial charge in [-0.05, 0) is 30.7 Å². The molecular weight excluding hydrogens is 220 g/mol. The minimum Gasteiger partial charge on any atom is -0.287 e. The second-order valence-corrected chi connectivity index (χ2v) is 4.13. The van der Waals surface area contributed by atoms with Crippen molar-refractivity contribution in [1.29, 1.82) is 0 Å². The summed E-state index contributed by atoms with van der Waals surface area (Å²) in [5.74, 6) is 0.887. The maximum Gasteiger partial charge on any atom is 0.207 e. The van der Waals surface area contributed by atoms with Gasteiger partial charge in [-0.1, -0.05) is 12.1 Å². The summed E-state index contributed by atoms with van der Waals surface area (Å²) in [7, 11) is 0. The number of thiol groups is 1. The third kappa shape index (κ3) is 2.27. The Balaban J connectivity index is 2.38. The van der Waals surface area contributed by atoms with Crippen molar-refractivity contribution in [3.05, 3.63) is 40.7 Å². The molecule has 0 N–H and O–H groups in total. The Morgan fingerprint density at radius 1 is 1.25 bits per heavy atom. The van der Waals surface area contributed by atoms with Crippen molar-refractivity contribution < 1.29 is 0 Å². The van der Waals surface area contributed by atoms with Crippen LogP contribution in [-0.4, -0.2) is 15.5 Å². The Hall–Kier alpha value is -1.29. The third-order valence-electron chi connectivity index (χ3n) is 2.54. The van der Waals surface area contributed by atoms with Crippen LogP contribution in [0.5, 0.6) is 0 Å². The maximum absolute atomic E-state index is 11.6. The van der Waals surface area contributed by atoms with Gasteiger partial charge < -0.3 is 0 Å². The van der Waals surface area contributed by atoms with Crippen molar-refractivity contribution in [2.75, 3.05) is 5.75 Å². The van der Waals surface area contributed by atoms with Gasteiger partial charge in [0.25, 0.3) is 0 Å². The summed E-state index contributed by atoms with van der Waals surface area (Å²) in [6, 6.07) is 7.58. The number of aromatic nitrogens is 2. The SMILES string of the molecule is O=c1cnn(CCCCS)c2ccccc12. The zero-order chi connectivity index (χ0) is 11.4. The highest BCUT2D eigenvalue weighted by molar-refractivity contribution is 7.80. The molecule has 1 aromatic heterocycles. The molecule has 0 aliphatic carbocycles. The second-order valence-electron chi connectivity index (χ2n) is 3.68. The Morgan fingerprint density at radius 2 is 2.06 bits per heavy atom. The van der Waals surface area contributed by atoms with Crippen molar-refractivity contribution in [1.82, 2.24) is 9.78 Å². The molecule has 84 valence electrons. The summed E-state index contributed by atoms with van der Waals surface area (Å²) in [6.07, 6.45) is 3.48. The normalized spacial score (nSPS) is 10.8. The molecule has 0 radical (unpaired) electrons. The maximum atomic E-state index is 11.6. The van der Waals surface area contributed by atoms with Crippen LogP contribution in [0.1, 0.15) is 12.8 Å². The minimum absolute atomic E-state index is 0.0129. The lowest BCUT2D eigenvalue weighted by Gasteiger charge is -2.08. The number of rotatable bonds is 4. The van der Waals surface area contributed by atoms with Gasteiger partial charge in [0, 0.05) is 11.9 Å². The lowest BCUT2D eigenvalue weighted by Crippen LogP contribution is -2.12. The first kappa shape index (κ1) is 11.2. The van der Waals surface area contributed by atoms with E-state index in [4.69, 9.17) is 0 Å². The summed E-state index contributed by atoms with van der Waals surface area (Å²) in [6.45, 7) is 0.835. The van der Waals surface area contributed by atoms with Gasteiger partial charge in [-0.25, -0.2) is 0 Å². The molecule has 0 saturated carbocycles. The largest absolute Gasteiger partial charge is 0.287 e. The summed E-state index contributed by atoms with van der Waals surface area (Å²) in [5.41, 5.74) is 0.898. The van der Waals surface area contributed by atoms with Crippen LogP contribution in [0.15, 0.2) is 35.3 Å². The first-order valence-electron chi connectivity index (χ1n) is 5.38. The van der Waals surface area contributed by atoms with E-state index in [2.05, 4.69) is 17.7 Å². The first-order chi connectivity index (χ1) is 7.83. The Kier molecular flexibility index (Phi) is 3.62. The van der Waals surface area contributed by atoms with Crippen LogP contribution in [0, 0.1) is 0 Å². The highest BCUT2D eigenvalue weighted by Gasteiger charge is 2.02. The number of hydrogen-bond donors (Lipinski definition) is 1. The molecule has 0 bridgehead atoms. The average Bonchev–Trinajstić information content (AvgIpc) is 2.33. The number of fused-ring (bicyclic) bond motifs is 1. The molecule has 0 spiro atoms. The molecule has 0 atom stereocenters. The second kappa shape index (κ2) is 5.16. The predicted octanol–water partition coefficient (Wildman–Crippen LogP) is 2.11. The van der Waals surface area contributed by atoms with E-state index in [0.29, 0.717) is 0 Å². The van der Waals surface area contributed by atoms with Gasteiger partial charge >= 0.3 is 0 Å². The fourth-order valence-corrected chi connectivity index (χ4v) is 1.94. The summed E-state index contributed by atoms with van der Waals surface area (Å²) in [5, 5.41) is 4.90. The molecule has 0 saturated heterocycles. The van der Waals surface area contributed by atoms with E-state index in [-0.39, 0.29) is 5.43 Å². The smallest absolute Gasteiger partial charge is 0.207 e. The number of hydrogen-bond acceptors (Lipinski definition) is 3. The number of nitrogens with zero attached hydrogens (tertiary/aromatic N) is 2. The van der Waals surface area contributed by atoms with Gasteiger partial charge in [-0.2, -0.15) is 17.7 Å². The molecule has 1 aromatic carbocycles. The highest BCUT2D eigenvalue weighted by Crippen LogP contribution is 2.08. The van der Waals surface area contributed by atoms with Crippen molar-refractivity contribution >= 4 is 23.5 Å². The molecule has 2 aromatic rings. The Bertz CT molecular complexity index is 536. The molecule has 0 amide bonds. The van der Waals surface area contributed by atoms with E-state index in [1.54, 1.807) is 0 Å². The van der Waals surface area contributed by atoms with Crippen LogP contribution in [0.3, 0.4) is 0 Å². The molecule has 0 fully saturated rings. The van der Waals surface area contributed by atoms with Crippen LogP contribution < -0.4 is 5.43 Å². The number of unbranched alkanes of at least 4 members (excludes halogenated alkanes) is 1. The van der Waals surface area contributed by atoms with Crippen molar-refractivity contribution in [3.8, 4) is 0 Å². The van der Waals surface area contributed by atoms with E-state index in [9.17, 15) is 4.79 Å².